The van der Waals surface area contributed by atoms with Crippen molar-refractivity contribution in [3.8, 4) is 11.4 Å². The Morgan fingerprint density at radius 2 is 2.00 bits per heavy atom. The maximum Gasteiger partial charge on any atom is 0.244 e. The zero-order chi connectivity index (χ0) is 17.9. The number of halogens is 1. The number of pyridine rings is 1. The van der Waals surface area contributed by atoms with Crippen LogP contribution in [0.25, 0.3) is 5.69 Å². The number of hydrogen-bond donors (Lipinski definition) is 1. The molecule has 3 aromatic rings. The quantitative estimate of drug-likeness (QED) is 0.708. The van der Waals surface area contributed by atoms with Crippen LogP contribution in [-0.4, -0.2) is 35.5 Å². The lowest BCUT2D eigenvalue weighted by atomic mass is 10.3. The molecular formula is C15H14FN5O3S. The summed E-state index contributed by atoms with van der Waals surface area (Å²) in [6, 6.07) is 6.75. The molecule has 0 radical (unpaired) electrons. The Kier molecular flexibility index (Phi) is 4.72. The van der Waals surface area contributed by atoms with Gasteiger partial charge < -0.3 is 4.74 Å². The van der Waals surface area contributed by atoms with Crippen molar-refractivity contribution in [2.75, 3.05) is 7.11 Å². The number of sulfonamides is 1. The van der Waals surface area contributed by atoms with E-state index in [-0.39, 0.29) is 17.2 Å². The average Bonchev–Trinajstić information content (AvgIpc) is 3.10. The van der Waals surface area contributed by atoms with Crippen LogP contribution in [0.15, 0.2) is 53.8 Å². The Morgan fingerprint density at radius 1 is 1.24 bits per heavy atom. The molecule has 0 atom stereocenters. The average molecular weight is 363 g/mol. The molecule has 0 saturated carbocycles. The molecule has 0 unspecified atom stereocenters. The van der Waals surface area contributed by atoms with Gasteiger partial charge >= 0.3 is 0 Å². The van der Waals surface area contributed by atoms with Gasteiger partial charge in [-0.05, 0) is 30.3 Å². The van der Waals surface area contributed by atoms with Gasteiger partial charge in [0.05, 0.1) is 31.2 Å². The van der Waals surface area contributed by atoms with E-state index in [1.165, 1.54) is 17.9 Å². The van der Waals surface area contributed by atoms with Crippen molar-refractivity contribution in [3.63, 3.8) is 0 Å². The molecule has 10 heteroatoms. The van der Waals surface area contributed by atoms with E-state index >= 15 is 0 Å². The summed E-state index contributed by atoms with van der Waals surface area (Å²) in [7, 11) is -2.67. The lowest BCUT2D eigenvalue weighted by molar-refractivity contribution is 0.400. The Labute approximate surface area is 143 Å². The van der Waals surface area contributed by atoms with Crippen LogP contribution in [0, 0.1) is 5.82 Å². The minimum Gasteiger partial charge on any atom is -0.495 e. The second-order valence-electron chi connectivity index (χ2n) is 4.98. The Balaban J connectivity index is 1.77. The molecule has 0 spiro atoms. The van der Waals surface area contributed by atoms with Crippen molar-refractivity contribution in [3.05, 3.63) is 60.4 Å². The zero-order valence-corrected chi connectivity index (χ0v) is 13.9. The summed E-state index contributed by atoms with van der Waals surface area (Å²) in [6.07, 6.45) is 4.80. The first kappa shape index (κ1) is 17.0. The first-order valence-corrected chi connectivity index (χ1v) is 8.63. The molecule has 0 aliphatic rings. The number of aromatic nitrogens is 4. The second-order valence-corrected chi connectivity index (χ2v) is 6.71. The summed E-state index contributed by atoms with van der Waals surface area (Å²) in [4.78, 5) is 3.63. The number of nitrogens with one attached hydrogen (secondary N) is 1. The third-order valence-corrected chi connectivity index (χ3v) is 4.75. The summed E-state index contributed by atoms with van der Waals surface area (Å²) < 4.78 is 47.0. The third-order valence-electron chi connectivity index (χ3n) is 3.33. The van der Waals surface area contributed by atoms with Gasteiger partial charge in [-0.3, -0.25) is 4.98 Å². The van der Waals surface area contributed by atoms with Crippen LogP contribution in [0.5, 0.6) is 5.75 Å². The van der Waals surface area contributed by atoms with E-state index in [2.05, 4.69) is 20.0 Å². The van der Waals surface area contributed by atoms with E-state index in [1.807, 2.05) is 0 Å². The number of ether oxygens (including phenoxy) is 1. The molecule has 0 saturated heterocycles. The van der Waals surface area contributed by atoms with E-state index < -0.39 is 15.8 Å². The second kappa shape index (κ2) is 6.95. The van der Waals surface area contributed by atoms with Crippen molar-refractivity contribution < 1.29 is 17.5 Å². The SMILES string of the molecule is COc1ccc(F)cc1S(=O)(=O)NCc1cn(-c2ccncc2)nn1. The Morgan fingerprint density at radius 3 is 2.72 bits per heavy atom. The van der Waals surface area contributed by atoms with Gasteiger partial charge in [0, 0.05) is 12.4 Å². The molecule has 25 heavy (non-hydrogen) atoms. The van der Waals surface area contributed by atoms with E-state index in [0.29, 0.717) is 5.69 Å². The standard InChI is InChI=1S/C15H14FN5O3S/c1-24-14-3-2-11(16)8-15(14)25(22,23)18-9-12-10-21(20-19-12)13-4-6-17-7-5-13/h2-8,10,18H,9H2,1H3. The largest absolute Gasteiger partial charge is 0.495 e. The van der Waals surface area contributed by atoms with Crippen LogP contribution in [0.2, 0.25) is 0 Å². The van der Waals surface area contributed by atoms with Crippen LogP contribution in [0.1, 0.15) is 5.69 Å². The summed E-state index contributed by atoms with van der Waals surface area (Å²) in [5.74, 6) is -0.626. The molecule has 2 aromatic heterocycles. The Hall–Kier alpha value is -2.85. The van der Waals surface area contributed by atoms with Crippen molar-refractivity contribution in [1.82, 2.24) is 24.7 Å². The number of methoxy groups -OCH3 is 1. The van der Waals surface area contributed by atoms with Crippen LogP contribution < -0.4 is 9.46 Å². The molecule has 130 valence electrons. The minimum absolute atomic E-state index is 0.0503. The summed E-state index contributed by atoms with van der Waals surface area (Å²) in [6.45, 7) is -0.104. The van der Waals surface area contributed by atoms with E-state index in [9.17, 15) is 12.8 Å². The normalized spacial score (nSPS) is 11.4. The highest BCUT2D eigenvalue weighted by molar-refractivity contribution is 7.89. The topological polar surface area (TPSA) is 99.0 Å². The number of nitrogens with zero attached hydrogens (tertiary/aromatic N) is 4. The zero-order valence-electron chi connectivity index (χ0n) is 13.1. The highest BCUT2D eigenvalue weighted by Crippen LogP contribution is 2.24. The van der Waals surface area contributed by atoms with Gasteiger partial charge in [-0.1, -0.05) is 5.21 Å². The smallest absolute Gasteiger partial charge is 0.244 e. The number of hydrogen-bond acceptors (Lipinski definition) is 6. The molecule has 0 fully saturated rings. The van der Waals surface area contributed by atoms with E-state index in [1.54, 1.807) is 30.7 Å². The summed E-state index contributed by atoms with van der Waals surface area (Å²) in [5, 5.41) is 7.84. The van der Waals surface area contributed by atoms with Crippen LogP contribution in [0.3, 0.4) is 0 Å². The molecule has 3 rings (SSSR count). The highest BCUT2D eigenvalue weighted by atomic mass is 32.2. The molecule has 0 bridgehead atoms. The lowest BCUT2D eigenvalue weighted by Crippen LogP contribution is -2.24. The first-order valence-electron chi connectivity index (χ1n) is 7.14. The summed E-state index contributed by atoms with van der Waals surface area (Å²) in [5.41, 5.74) is 1.14. The van der Waals surface area contributed by atoms with Crippen molar-refractivity contribution in [1.29, 1.82) is 0 Å². The van der Waals surface area contributed by atoms with Gasteiger partial charge in [-0.15, -0.1) is 5.10 Å². The monoisotopic (exact) mass is 363 g/mol. The molecule has 0 amide bonds. The number of benzene rings is 1. The molecule has 1 aromatic carbocycles. The summed E-state index contributed by atoms with van der Waals surface area (Å²) >= 11 is 0. The molecule has 0 aliphatic heterocycles. The molecular weight excluding hydrogens is 349 g/mol. The fourth-order valence-electron chi connectivity index (χ4n) is 2.11. The molecule has 8 nitrogen and oxygen atoms in total. The predicted molar refractivity (Wildman–Crippen MR) is 86.1 cm³/mol. The van der Waals surface area contributed by atoms with Gasteiger partial charge in [0.15, 0.2) is 0 Å². The third kappa shape index (κ3) is 3.80. The van der Waals surface area contributed by atoms with Gasteiger partial charge in [0.1, 0.15) is 16.5 Å². The van der Waals surface area contributed by atoms with Crippen LogP contribution >= 0.6 is 0 Å². The predicted octanol–water partition coefficient (Wildman–Crippen LogP) is 1.29. The highest BCUT2D eigenvalue weighted by Gasteiger charge is 2.20. The van der Waals surface area contributed by atoms with Crippen molar-refractivity contribution >= 4 is 10.0 Å². The van der Waals surface area contributed by atoms with Crippen molar-refractivity contribution in [2.24, 2.45) is 0 Å². The fraction of sp³-hybridized carbons (Fsp3) is 0.133. The fourth-order valence-corrected chi connectivity index (χ4v) is 3.29. The van der Waals surface area contributed by atoms with Gasteiger partial charge in [0.25, 0.3) is 0 Å². The van der Waals surface area contributed by atoms with E-state index in [4.69, 9.17) is 4.74 Å². The first-order chi connectivity index (χ1) is 12.0. The van der Waals surface area contributed by atoms with Gasteiger partial charge in [-0.2, -0.15) is 0 Å². The molecule has 1 N–H and O–H groups in total. The number of rotatable bonds is 6. The molecule has 0 aliphatic carbocycles. The molecule has 2 heterocycles. The van der Waals surface area contributed by atoms with Gasteiger partial charge in [-0.25, -0.2) is 22.2 Å². The lowest BCUT2D eigenvalue weighted by Gasteiger charge is -2.09. The maximum atomic E-state index is 13.4. The van der Waals surface area contributed by atoms with Crippen LogP contribution in [0.4, 0.5) is 4.39 Å². The van der Waals surface area contributed by atoms with E-state index in [0.717, 1.165) is 17.8 Å². The van der Waals surface area contributed by atoms with Crippen LogP contribution in [-0.2, 0) is 16.6 Å². The van der Waals surface area contributed by atoms with Gasteiger partial charge in [0.2, 0.25) is 10.0 Å². The maximum absolute atomic E-state index is 13.4. The minimum atomic E-state index is -3.98. The van der Waals surface area contributed by atoms with Crippen molar-refractivity contribution in [2.45, 2.75) is 11.4 Å². The Bertz CT molecular complexity index is 976.